The van der Waals surface area contributed by atoms with Gasteiger partial charge in [-0.25, -0.2) is 9.59 Å². The van der Waals surface area contributed by atoms with Gasteiger partial charge in [0.15, 0.2) is 0 Å². The molecular weight excluding hydrogens is 400 g/mol. The lowest BCUT2D eigenvalue weighted by Crippen LogP contribution is -2.52. The third kappa shape index (κ3) is 5.76. The molecule has 0 aliphatic heterocycles. The summed E-state index contributed by atoms with van der Waals surface area (Å²) in [7, 11) is 0. The fourth-order valence-corrected chi connectivity index (χ4v) is 2.89. The first-order chi connectivity index (χ1) is 14.3. The van der Waals surface area contributed by atoms with Crippen LogP contribution in [0.1, 0.15) is 55.2 Å². The van der Waals surface area contributed by atoms with E-state index in [1.165, 1.54) is 31.2 Å². The highest BCUT2D eigenvalue weighted by Crippen LogP contribution is 2.25. The number of rotatable bonds is 7. The van der Waals surface area contributed by atoms with E-state index in [-0.39, 0.29) is 11.1 Å². The molecule has 2 aromatic rings. The van der Waals surface area contributed by atoms with E-state index < -0.39 is 40.8 Å². The minimum atomic E-state index is -1.84. The van der Waals surface area contributed by atoms with E-state index in [2.05, 4.69) is 5.32 Å². The summed E-state index contributed by atoms with van der Waals surface area (Å²) in [5.74, 6) is -4.12. The Bertz CT molecular complexity index is 979. The van der Waals surface area contributed by atoms with Crippen molar-refractivity contribution in [3.05, 3.63) is 71.3 Å². The summed E-state index contributed by atoms with van der Waals surface area (Å²) in [4.78, 5) is 48.8. The number of carbonyl (C=O) groups is 4. The van der Waals surface area contributed by atoms with Crippen molar-refractivity contribution in [2.45, 2.75) is 44.9 Å². The van der Waals surface area contributed by atoms with Gasteiger partial charge in [0.25, 0.3) is 11.7 Å². The number of carboxylic acid groups (broad SMARTS) is 1. The molecule has 0 saturated carbocycles. The average Bonchev–Trinajstić information content (AvgIpc) is 2.71. The monoisotopic (exact) mass is 426 g/mol. The van der Waals surface area contributed by atoms with Gasteiger partial charge in [0.2, 0.25) is 0 Å². The standard InChI is InChI=1S/C23H26N2O6/c1-22(2,3)31-21(30)17(24)14-10-12-16(13-11-14)23(4,18(26)20(28)29)25-19(27)15-8-6-5-7-9-15/h5-13,17H,24H2,1-4H3,(H,25,27)(H,28,29). The second-order valence-electron chi connectivity index (χ2n) is 8.21. The molecule has 0 aliphatic carbocycles. The molecule has 4 N–H and O–H groups in total. The lowest BCUT2D eigenvalue weighted by atomic mass is 9.86. The molecule has 0 radical (unpaired) electrons. The predicted molar refractivity (Wildman–Crippen MR) is 113 cm³/mol. The fraction of sp³-hybridized carbons (Fsp3) is 0.304. The van der Waals surface area contributed by atoms with Gasteiger partial charge < -0.3 is 20.9 Å². The van der Waals surface area contributed by atoms with Crippen LogP contribution in [-0.4, -0.2) is 34.3 Å². The molecule has 0 bridgehead atoms. The van der Waals surface area contributed by atoms with Crippen LogP contribution in [0.25, 0.3) is 0 Å². The first-order valence-electron chi connectivity index (χ1n) is 9.59. The topological polar surface area (TPSA) is 136 Å². The van der Waals surface area contributed by atoms with Crippen LogP contribution in [0.4, 0.5) is 0 Å². The van der Waals surface area contributed by atoms with E-state index in [9.17, 15) is 24.3 Å². The number of nitrogens with two attached hydrogens (primary N) is 1. The number of Topliss-reactive ketones (excluding diaryl/α,β-unsaturated/α-hetero) is 1. The average molecular weight is 426 g/mol. The third-order valence-corrected chi connectivity index (χ3v) is 4.56. The van der Waals surface area contributed by atoms with Crippen LogP contribution in [0.2, 0.25) is 0 Å². The largest absolute Gasteiger partial charge is 0.475 e. The lowest BCUT2D eigenvalue weighted by molar-refractivity contribution is -0.156. The molecule has 0 spiro atoms. The molecular formula is C23H26N2O6. The summed E-state index contributed by atoms with van der Waals surface area (Å²) in [6.07, 6.45) is 0. The highest BCUT2D eigenvalue weighted by Gasteiger charge is 2.41. The molecule has 2 unspecified atom stereocenters. The number of carboxylic acids is 1. The Balaban J connectivity index is 2.35. The van der Waals surface area contributed by atoms with Crippen molar-refractivity contribution < 1.29 is 29.0 Å². The first kappa shape index (κ1) is 23.8. The van der Waals surface area contributed by atoms with Crippen LogP contribution in [0.15, 0.2) is 54.6 Å². The molecule has 0 fully saturated rings. The second kappa shape index (κ2) is 9.09. The summed E-state index contributed by atoms with van der Waals surface area (Å²) < 4.78 is 5.27. The van der Waals surface area contributed by atoms with E-state index in [1.807, 2.05) is 0 Å². The van der Waals surface area contributed by atoms with Crippen molar-refractivity contribution >= 4 is 23.6 Å². The molecule has 2 rings (SSSR count). The molecule has 31 heavy (non-hydrogen) atoms. The minimum absolute atomic E-state index is 0.226. The third-order valence-electron chi connectivity index (χ3n) is 4.56. The maximum atomic E-state index is 12.6. The SMILES string of the molecule is CC(C)(C)OC(=O)C(N)c1ccc(C(C)(NC(=O)c2ccccc2)C(=O)C(=O)O)cc1. The number of ether oxygens (including phenoxy) is 1. The Morgan fingerprint density at radius 2 is 1.48 bits per heavy atom. The van der Waals surface area contributed by atoms with Gasteiger partial charge in [-0.1, -0.05) is 42.5 Å². The number of hydrogen-bond donors (Lipinski definition) is 3. The van der Waals surface area contributed by atoms with Crippen molar-refractivity contribution in [3.8, 4) is 0 Å². The number of ketones is 1. The molecule has 1 amide bonds. The number of nitrogens with one attached hydrogen (secondary N) is 1. The van der Waals surface area contributed by atoms with E-state index >= 15 is 0 Å². The molecule has 0 saturated heterocycles. The number of amides is 1. The van der Waals surface area contributed by atoms with Gasteiger partial charge in [0.05, 0.1) is 0 Å². The quantitative estimate of drug-likeness (QED) is 0.457. The van der Waals surface area contributed by atoms with Crippen LogP contribution < -0.4 is 11.1 Å². The van der Waals surface area contributed by atoms with Crippen LogP contribution in [0, 0.1) is 0 Å². The zero-order valence-electron chi connectivity index (χ0n) is 17.8. The van der Waals surface area contributed by atoms with Gasteiger partial charge in [-0.3, -0.25) is 9.59 Å². The maximum Gasteiger partial charge on any atom is 0.375 e. The van der Waals surface area contributed by atoms with Crippen molar-refractivity contribution in [1.29, 1.82) is 0 Å². The zero-order chi connectivity index (χ0) is 23.4. The van der Waals surface area contributed by atoms with Gasteiger partial charge in [-0.15, -0.1) is 0 Å². The zero-order valence-corrected chi connectivity index (χ0v) is 17.8. The second-order valence-corrected chi connectivity index (χ2v) is 8.21. The van der Waals surface area contributed by atoms with Crippen LogP contribution >= 0.6 is 0 Å². The molecule has 8 nitrogen and oxygen atoms in total. The van der Waals surface area contributed by atoms with E-state index in [4.69, 9.17) is 10.5 Å². The Kier molecular flexibility index (Phi) is 6.97. The van der Waals surface area contributed by atoms with Crippen LogP contribution in [0.5, 0.6) is 0 Å². The summed E-state index contributed by atoms with van der Waals surface area (Å²) in [6, 6.07) is 12.9. The summed E-state index contributed by atoms with van der Waals surface area (Å²) in [6.45, 7) is 6.48. The Morgan fingerprint density at radius 3 is 1.97 bits per heavy atom. The van der Waals surface area contributed by atoms with Gasteiger partial charge in [-0.2, -0.15) is 0 Å². The Hall–Kier alpha value is -3.52. The van der Waals surface area contributed by atoms with E-state index in [1.54, 1.807) is 51.1 Å². The molecule has 0 aromatic heterocycles. The van der Waals surface area contributed by atoms with Gasteiger partial charge >= 0.3 is 11.9 Å². The fourth-order valence-electron chi connectivity index (χ4n) is 2.89. The highest BCUT2D eigenvalue weighted by atomic mass is 16.6. The van der Waals surface area contributed by atoms with Crippen molar-refractivity contribution in [2.75, 3.05) is 0 Å². The van der Waals surface area contributed by atoms with Crippen molar-refractivity contribution in [3.63, 3.8) is 0 Å². The summed E-state index contributed by atoms with van der Waals surface area (Å²) in [5.41, 5.74) is 4.33. The molecule has 2 aromatic carbocycles. The summed E-state index contributed by atoms with van der Waals surface area (Å²) in [5, 5.41) is 11.8. The molecule has 0 heterocycles. The normalized spacial score (nSPS) is 14.1. The number of benzene rings is 2. The predicted octanol–water partition coefficient (Wildman–Crippen LogP) is 2.33. The summed E-state index contributed by atoms with van der Waals surface area (Å²) >= 11 is 0. The molecule has 8 heteroatoms. The van der Waals surface area contributed by atoms with Crippen molar-refractivity contribution in [2.24, 2.45) is 5.73 Å². The lowest BCUT2D eigenvalue weighted by Gasteiger charge is -2.29. The smallest absolute Gasteiger partial charge is 0.375 e. The number of hydrogen-bond acceptors (Lipinski definition) is 6. The number of carbonyl (C=O) groups excluding carboxylic acids is 3. The number of aliphatic carboxylic acids is 1. The van der Waals surface area contributed by atoms with Crippen LogP contribution in [-0.2, 0) is 24.7 Å². The van der Waals surface area contributed by atoms with E-state index in [0.29, 0.717) is 5.56 Å². The maximum absolute atomic E-state index is 12.6. The van der Waals surface area contributed by atoms with Gasteiger partial charge in [0, 0.05) is 5.56 Å². The minimum Gasteiger partial charge on any atom is -0.475 e. The molecule has 0 aliphatic rings. The number of esters is 1. The highest BCUT2D eigenvalue weighted by molar-refractivity contribution is 6.36. The van der Waals surface area contributed by atoms with Crippen molar-refractivity contribution in [1.82, 2.24) is 5.32 Å². The van der Waals surface area contributed by atoms with Gasteiger partial charge in [-0.05, 0) is 51.0 Å². The Labute approximate surface area is 180 Å². The molecule has 2 atom stereocenters. The molecule has 164 valence electrons. The van der Waals surface area contributed by atoms with Gasteiger partial charge in [0.1, 0.15) is 17.2 Å². The first-order valence-corrected chi connectivity index (χ1v) is 9.59. The Morgan fingerprint density at radius 1 is 0.935 bits per heavy atom. The van der Waals surface area contributed by atoms with E-state index in [0.717, 1.165) is 0 Å². The van der Waals surface area contributed by atoms with Crippen LogP contribution in [0.3, 0.4) is 0 Å².